The molecule has 2 heterocycles. The highest BCUT2D eigenvalue weighted by atomic mass is 32.2. The topological polar surface area (TPSA) is 56.3 Å². The highest BCUT2D eigenvalue weighted by Crippen LogP contribution is 2.32. The third kappa shape index (κ3) is 4.12. The zero-order valence-corrected chi connectivity index (χ0v) is 14.1. The first kappa shape index (κ1) is 15.6. The van der Waals surface area contributed by atoms with Gasteiger partial charge in [0.2, 0.25) is 5.13 Å². The van der Waals surface area contributed by atoms with Crippen molar-refractivity contribution < 1.29 is 9.47 Å². The van der Waals surface area contributed by atoms with Crippen molar-refractivity contribution in [3.63, 3.8) is 0 Å². The van der Waals surface area contributed by atoms with Crippen LogP contribution in [-0.4, -0.2) is 35.8 Å². The monoisotopic (exact) mass is 337 g/mol. The second-order valence-corrected chi connectivity index (χ2v) is 7.24. The second kappa shape index (κ2) is 7.80. The van der Waals surface area contributed by atoms with Gasteiger partial charge in [-0.1, -0.05) is 35.2 Å². The molecule has 1 atom stereocenters. The summed E-state index contributed by atoms with van der Waals surface area (Å²) in [4.78, 5) is 0. The fourth-order valence-electron chi connectivity index (χ4n) is 2.28. The molecule has 0 unspecified atom stereocenters. The molecular weight excluding hydrogens is 318 g/mol. The molecule has 0 radical (unpaired) electrons. The maximum absolute atomic E-state index is 5.74. The molecule has 7 heteroatoms. The summed E-state index contributed by atoms with van der Waals surface area (Å²) in [6, 6.07) is 7.78. The largest absolute Gasteiger partial charge is 0.495 e. The molecule has 1 aliphatic heterocycles. The summed E-state index contributed by atoms with van der Waals surface area (Å²) >= 11 is 3.27. The van der Waals surface area contributed by atoms with Crippen LogP contribution in [0.3, 0.4) is 0 Å². The van der Waals surface area contributed by atoms with E-state index in [1.54, 1.807) is 30.2 Å². The van der Waals surface area contributed by atoms with Gasteiger partial charge in [0.25, 0.3) is 0 Å². The minimum Gasteiger partial charge on any atom is -0.495 e. The summed E-state index contributed by atoms with van der Waals surface area (Å²) in [5.74, 6) is 1.74. The van der Waals surface area contributed by atoms with Gasteiger partial charge in [0, 0.05) is 12.4 Å². The van der Waals surface area contributed by atoms with Crippen LogP contribution >= 0.6 is 23.1 Å². The van der Waals surface area contributed by atoms with Crippen LogP contribution in [-0.2, 0) is 4.74 Å². The predicted octanol–water partition coefficient (Wildman–Crippen LogP) is 3.95. The van der Waals surface area contributed by atoms with Gasteiger partial charge in [0.05, 0.1) is 18.9 Å². The lowest BCUT2D eigenvalue weighted by molar-refractivity contribution is 0.0315. The molecule has 1 saturated heterocycles. The van der Waals surface area contributed by atoms with Gasteiger partial charge in [-0.25, -0.2) is 0 Å². The van der Waals surface area contributed by atoms with Gasteiger partial charge >= 0.3 is 0 Å². The van der Waals surface area contributed by atoms with Crippen molar-refractivity contribution in [3.05, 3.63) is 24.3 Å². The zero-order valence-electron chi connectivity index (χ0n) is 12.4. The molecule has 22 heavy (non-hydrogen) atoms. The summed E-state index contributed by atoms with van der Waals surface area (Å²) in [5.41, 5.74) is 0.897. The molecule has 1 aromatic heterocycles. The van der Waals surface area contributed by atoms with Gasteiger partial charge in [-0.3, -0.25) is 0 Å². The SMILES string of the molecule is COc1ccccc1Nc1nnc(SC[C@H]2CCCCO2)s1. The average Bonchev–Trinajstić information content (AvgIpc) is 3.02. The fraction of sp³-hybridized carbons (Fsp3) is 0.467. The fourth-order valence-corrected chi connectivity index (χ4v) is 4.14. The van der Waals surface area contributed by atoms with Gasteiger partial charge in [-0.05, 0) is 31.4 Å². The van der Waals surface area contributed by atoms with Gasteiger partial charge < -0.3 is 14.8 Å². The molecule has 0 aliphatic carbocycles. The summed E-state index contributed by atoms with van der Waals surface area (Å²) in [5, 5.41) is 12.4. The van der Waals surface area contributed by atoms with Crippen LogP contribution in [0.1, 0.15) is 19.3 Å². The number of aromatic nitrogens is 2. The number of thioether (sulfide) groups is 1. The Bertz CT molecular complexity index is 600. The van der Waals surface area contributed by atoms with Crippen LogP contribution in [0, 0.1) is 0 Å². The van der Waals surface area contributed by atoms with Gasteiger partial charge in [0.15, 0.2) is 4.34 Å². The van der Waals surface area contributed by atoms with E-state index in [0.717, 1.165) is 39.7 Å². The first-order valence-corrected chi connectivity index (χ1v) is 9.13. The number of methoxy groups -OCH3 is 1. The number of anilines is 2. The summed E-state index contributed by atoms with van der Waals surface area (Å²) in [7, 11) is 1.66. The zero-order chi connectivity index (χ0) is 15.2. The van der Waals surface area contributed by atoms with Crippen LogP contribution < -0.4 is 10.1 Å². The molecule has 3 rings (SSSR count). The Morgan fingerprint density at radius 3 is 3.09 bits per heavy atom. The molecule has 0 amide bonds. The molecule has 1 N–H and O–H groups in total. The number of benzene rings is 1. The molecule has 118 valence electrons. The summed E-state index contributed by atoms with van der Waals surface area (Å²) in [6.45, 7) is 0.891. The molecule has 0 saturated carbocycles. The van der Waals surface area contributed by atoms with E-state index in [0.29, 0.717) is 6.10 Å². The first-order chi connectivity index (χ1) is 10.8. The quantitative estimate of drug-likeness (QED) is 0.806. The van der Waals surface area contributed by atoms with Crippen molar-refractivity contribution in [2.24, 2.45) is 0 Å². The third-order valence-corrected chi connectivity index (χ3v) is 5.53. The van der Waals surface area contributed by atoms with Crippen LogP contribution in [0.4, 0.5) is 10.8 Å². The minimum atomic E-state index is 0.355. The Morgan fingerprint density at radius 2 is 2.27 bits per heavy atom. The number of hydrogen-bond donors (Lipinski definition) is 1. The van der Waals surface area contributed by atoms with Crippen LogP contribution in [0.25, 0.3) is 0 Å². The lowest BCUT2D eigenvalue weighted by atomic mass is 10.1. The van der Waals surface area contributed by atoms with E-state index in [4.69, 9.17) is 9.47 Å². The Balaban J connectivity index is 1.56. The van der Waals surface area contributed by atoms with Crippen molar-refractivity contribution in [3.8, 4) is 5.75 Å². The van der Waals surface area contributed by atoms with E-state index >= 15 is 0 Å². The van der Waals surface area contributed by atoms with Crippen molar-refractivity contribution >= 4 is 33.9 Å². The van der Waals surface area contributed by atoms with Gasteiger partial charge in [0.1, 0.15) is 5.75 Å². The van der Waals surface area contributed by atoms with Crippen LogP contribution in [0.15, 0.2) is 28.6 Å². The predicted molar refractivity (Wildman–Crippen MR) is 90.5 cm³/mol. The lowest BCUT2D eigenvalue weighted by Crippen LogP contribution is -2.21. The van der Waals surface area contributed by atoms with E-state index in [1.165, 1.54) is 12.8 Å². The maximum Gasteiger partial charge on any atom is 0.210 e. The van der Waals surface area contributed by atoms with Crippen LogP contribution in [0.2, 0.25) is 0 Å². The van der Waals surface area contributed by atoms with Crippen molar-refractivity contribution in [2.45, 2.75) is 29.7 Å². The summed E-state index contributed by atoms with van der Waals surface area (Å²) in [6.07, 6.45) is 3.96. The third-order valence-electron chi connectivity index (χ3n) is 3.42. The molecule has 0 bridgehead atoms. The summed E-state index contributed by atoms with van der Waals surface area (Å²) < 4.78 is 12.0. The Labute approximate surface area is 138 Å². The highest BCUT2D eigenvalue weighted by Gasteiger charge is 2.15. The van der Waals surface area contributed by atoms with E-state index in [-0.39, 0.29) is 0 Å². The molecule has 2 aromatic rings. The highest BCUT2D eigenvalue weighted by molar-refractivity contribution is 8.01. The van der Waals surface area contributed by atoms with Gasteiger partial charge in [-0.15, -0.1) is 10.2 Å². The van der Waals surface area contributed by atoms with Crippen molar-refractivity contribution in [1.82, 2.24) is 10.2 Å². The average molecular weight is 337 g/mol. The van der Waals surface area contributed by atoms with E-state index in [2.05, 4.69) is 15.5 Å². The molecule has 0 spiro atoms. The molecule has 1 fully saturated rings. The number of para-hydroxylation sites is 2. The number of hydrogen-bond acceptors (Lipinski definition) is 7. The number of ether oxygens (including phenoxy) is 2. The molecule has 1 aromatic carbocycles. The lowest BCUT2D eigenvalue weighted by Gasteiger charge is -2.21. The van der Waals surface area contributed by atoms with E-state index in [9.17, 15) is 0 Å². The minimum absolute atomic E-state index is 0.355. The Hall–Kier alpha value is -1.31. The number of rotatable bonds is 6. The molecule has 5 nitrogen and oxygen atoms in total. The maximum atomic E-state index is 5.74. The Morgan fingerprint density at radius 1 is 1.36 bits per heavy atom. The van der Waals surface area contributed by atoms with Crippen molar-refractivity contribution in [2.75, 3.05) is 24.8 Å². The van der Waals surface area contributed by atoms with Gasteiger partial charge in [-0.2, -0.15) is 0 Å². The standard InChI is InChI=1S/C15H19N3O2S2/c1-19-13-8-3-2-7-12(13)16-14-17-18-15(22-14)21-10-11-6-4-5-9-20-11/h2-3,7-8,11H,4-6,9-10H2,1H3,(H,16,17)/t11-/m1/s1. The van der Waals surface area contributed by atoms with E-state index < -0.39 is 0 Å². The smallest absolute Gasteiger partial charge is 0.210 e. The Kier molecular flexibility index (Phi) is 5.53. The first-order valence-electron chi connectivity index (χ1n) is 7.33. The number of nitrogens with zero attached hydrogens (tertiary/aromatic N) is 2. The second-order valence-electron chi connectivity index (χ2n) is 5.00. The van der Waals surface area contributed by atoms with Crippen molar-refractivity contribution in [1.29, 1.82) is 0 Å². The van der Waals surface area contributed by atoms with Crippen LogP contribution in [0.5, 0.6) is 5.75 Å². The number of nitrogens with one attached hydrogen (secondary N) is 1. The molecule has 1 aliphatic rings. The molecular formula is C15H19N3O2S2. The normalized spacial score (nSPS) is 18.1. The van der Waals surface area contributed by atoms with E-state index in [1.807, 2.05) is 24.3 Å².